The molecule has 0 bridgehead atoms. The van der Waals surface area contributed by atoms with Gasteiger partial charge in [0.05, 0.1) is 10.7 Å². The summed E-state index contributed by atoms with van der Waals surface area (Å²) in [6.45, 7) is 0. The van der Waals surface area contributed by atoms with Crippen LogP contribution in [0, 0.1) is 0 Å². The van der Waals surface area contributed by atoms with Gasteiger partial charge in [-0.3, -0.25) is 4.79 Å². The molecule has 0 saturated carbocycles. The second-order valence-corrected chi connectivity index (χ2v) is 5.17. The molecule has 1 amide bonds. The van der Waals surface area contributed by atoms with E-state index in [1.807, 2.05) is 18.2 Å². The van der Waals surface area contributed by atoms with Crippen molar-refractivity contribution in [1.29, 1.82) is 0 Å². The van der Waals surface area contributed by atoms with Crippen LogP contribution in [0.4, 0.5) is 5.69 Å². The minimum Gasteiger partial charge on any atom is -0.361 e. The fraction of sp³-hybridized carbons (Fsp3) is 0. The molecule has 0 aliphatic carbocycles. The SMILES string of the molecule is O=C(Nc1ccc(Cl)cc1Cl)c1cccc2[nH]ccc12. The Hall–Kier alpha value is -1.97. The zero-order valence-corrected chi connectivity index (χ0v) is 11.8. The summed E-state index contributed by atoms with van der Waals surface area (Å²) in [5.41, 5.74) is 2.04. The summed E-state index contributed by atoms with van der Waals surface area (Å²) in [4.78, 5) is 15.4. The van der Waals surface area contributed by atoms with E-state index in [-0.39, 0.29) is 5.91 Å². The first-order chi connectivity index (χ1) is 9.65. The van der Waals surface area contributed by atoms with Crippen molar-refractivity contribution in [3.05, 3.63) is 64.3 Å². The van der Waals surface area contributed by atoms with E-state index >= 15 is 0 Å². The molecule has 3 nitrogen and oxygen atoms in total. The van der Waals surface area contributed by atoms with Crippen LogP contribution in [0.1, 0.15) is 10.4 Å². The van der Waals surface area contributed by atoms with E-state index in [4.69, 9.17) is 23.2 Å². The Morgan fingerprint density at radius 1 is 1.10 bits per heavy atom. The highest BCUT2D eigenvalue weighted by atomic mass is 35.5. The maximum Gasteiger partial charge on any atom is 0.256 e. The molecule has 0 unspecified atom stereocenters. The van der Waals surface area contributed by atoms with E-state index in [1.165, 1.54) is 0 Å². The Morgan fingerprint density at radius 2 is 1.95 bits per heavy atom. The normalized spacial score (nSPS) is 10.7. The molecule has 1 heterocycles. The molecule has 0 radical (unpaired) electrons. The van der Waals surface area contributed by atoms with Gasteiger partial charge in [0.2, 0.25) is 0 Å². The van der Waals surface area contributed by atoms with Crippen molar-refractivity contribution in [2.45, 2.75) is 0 Å². The van der Waals surface area contributed by atoms with Crippen LogP contribution in [0.3, 0.4) is 0 Å². The number of aromatic amines is 1. The fourth-order valence-electron chi connectivity index (χ4n) is 2.06. The smallest absolute Gasteiger partial charge is 0.256 e. The number of benzene rings is 2. The number of amides is 1. The predicted octanol–water partition coefficient (Wildman–Crippen LogP) is 4.73. The van der Waals surface area contributed by atoms with Gasteiger partial charge in [-0.05, 0) is 36.4 Å². The molecular weight excluding hydrogens is 295 g/mol. The van der Waals surface area contributed by atoms with Gasteiger partial charge in [0, 0.05) is 27.7 Å². The molecule has 20 heavy (non-hydrogen) atoms. The number of halogens is 2. The lowest BCUT2D eigenvalue weighted by Gasteiger charge is -2.08. The van der Waals surface area contributed by atoms with Gasteiger partial charge in [-0.1, -0.05) is 29.3 Å². The van der Waals surface area contributed by atoms with E-state index in [0.717, 1.165) is 10.9 Å². The predicted molar refractivity (Wildman–Crippen MR) is 82.7 cm³/mol. The van der Waals surface area contributed by atoms with Crippen LogP contribution in [0.25, 0.3) is 10.9 Å². The van der Waals surface area contributed by atoms with Crippen LogP contribution in [0.15, 0.2) is 48.7 Å². The highest BCUT2D eigenvalue weighted by Crippen LogP contribution is 2.26. The van der Waals surface area contributed by atoms with Crippen molar-refractivity contribution < 1.29 is 4.79 Å². The minimum absolute atomic E-state index is 0.209. The van der Waals surface area contributed by atoms with Gasteiger partial charge in [0.15, 0.2) is 0 Å². The molecule has 0 spiro atoms. The van der Waals surface area contributed by atoms with Crippen LogP contribution in [-0.4, -0.2) is 10.9 Å². The third-order valence-corrected chi connectivity index (χ3v) is 3.57. The molecule has 1 aromatic heterocycles. The van der Waals surface area contributed by atoms with Crippen molar-refractivity contribution >= 4 is 45.7 Å². The van der Waals surface area contributed by atoms with Gasteiger partial charge in [-0.15, -0.1) is 0 Å². The highest BCUT2D eigenvalue weighted by Gasteiger charge is 2.12. The van der Waals surface area contributed by atoms with Crippen molar-refractivity contribution in [3.63, 3.8) is 0 Å². The monoisotopic (exact) mass is 304 g/mol. The quantitative estimate of drug-likeness (QED) is 0.706. The number of nitrogens with one attached hydrogen (secondary N) is 2. The first-order valence-corrected chi connectivity index (χ1v) is 6.73. The third kappa shape index (κ3) is 2.38. The number of H-pyrrole nitrogens is 1. The molecule has 0 atom stereocenters. The second kappa shape index (κ2) is 5.19. The molecule has 0 aliphatic rings. The van der Waals surface area contributed by atoms with Gasteiger partial charge in [0.1, 0.15) is 0 Å². The largest absolute Gasteiger partial charge is 0.361 e. The van der Waals surface area contributed by atoms with Crippen LogP contribution in [-0.2, 0) is 0 Å². The summed E-state index contributed by atoms with van der Waals surface area (Å²) in [6.07, 6.45) is 1.80. The van der Waals surface area contributed by atoms with Crippen LogP contribution < -0.4 is 5.32 Å². The average Bonchev–Trinajstić information content (AvgIpc) is 2.90. The topological polar surface area (TPSA) is 44.9 Å². The van der Waals surface area contributed by atoms with Crippen molar-refractivity contribution in [1.82, 2.24) is 4.98 Å². The highest BCUT2D eigenvalue weighted by molar-refractivity contribution is 6.37. The summed E-state index contributed by atoms with van der Waals surface area (Å²) in [5.74, 6) is -0.209. The Bertz CT molecular complexity index is 795. The van der Waals surface area contributed by atoms with Gasteiger partial charge >= 0.3 is 0 Å². The Balaban J connectivity index is 1.95. The van der Waals surface area contributed by atoms with Gasteiger partial charge in [-0.25, -0.2) is 0 Å². The molecule has 0 saturated heterocycles. The minimum atomic E-state index is -0.209. The number of carbonyl (C=O) groups excluding carboxylic acids is 1. The van der Waals surface area contributed by atoms with Crippen molar-refractivity contribution in [2.24, 2.45) is 0 Å². The van der Waals surface area contributed by atoms with Crippen molar-refractivity contribution in [3.8, 4) is 0 Å². The summed E-state index contributed by atoms with van der Waals surface area (Å²) < 4.78 is 0. The molecule has 5 heteroatoms. The summed E-state index contributed by atoms with van der Waals surface area (Å²) in [5, 5.41) is 4.60. The zero-order chi connectivity index (χ0) is 14.1. The fourth-order valence-corrected chi connectivity index (χ4v) is 2.52. The van der Waals surface area contributed by atoms with Crippen LogP contribution in [0.2, 0.25) is 10.0 Å². The lowest BCUT2D eigenvalue weighted by atomic mass is 10.1. The number of carbonyl (C=O) groups is 1. The first-order valence-electron chi connectivity index (χ1n) is 5.97. The number of rotatable bonds is 2. The van der Waals surface area contributed by atoms with E-state index < -0.39 is 0 Å². The van der Waals surface area contributed by atoms with E-state index in [2.05, 4.69) is 10.3 Å². The molecular formula is C15H10Cl2N2O. The molecule has 3 aromatic rings. The lowest BCUT2D eigenvalue weighted by Crippen LogP contribution is -2.12. The maximum absolute atomic E-state index is 12.3. The van der Waals surface area contributed by atoms with Crippen LogP contribution in [0.5, 0.6) is 0 Å². The third-order valence-electron chi connectivity index (χ3n) is 3.02. The molecule has 2 N–H and O–H groups in total. The van der Waals surface area contributed by atoms with Gasteiger partial charge < -0.3 is 10.3 Å². The summed E-state index contributed by atoms with van der Waals surface area (Å²) in [6, 6.07) is 12.3. The van der Waals surface area contributed by atoms with E-state index in [0.29, 0.717) is 21.3 Å². The Morgan fingerprint density at radius 3 is 2.75 bits per heavy atom. The standard InChI is InChI=1S/C15H10Cl2N2O/c16-9-4-5-14(12(17)8-9)19-15(20)11-2-1-3-13-10(11)6-7-18-13/h1-8,18H,(H,19,20). The van der Waals surface area contributed by atoms with Gasteiger partial charge in [0.25, 0.3) is 5.91 Å². The number of anilines is 1. The lowest BCUT2D eigenvalue weighted by molar-refractivity contribution is 0.102. The molecule has 0 fully saturated rings. The van der Waals surface area contributed by atoms with Crippen LogP contribution >= 0.6 is 23.2 Å². The molecule has 0 aliphatic heterocycles. The maximum atomic E-state index is 12.3. The molecule has 100 valence electrons. The molecule has 3 rings (SSSR count). The number of fused-ring (bicyclic) bond motifs is 1. The van der Waals surface area contributed by atoms with E-state index in [9.17, 15) is 4.79 Å². The Kier molecular flexibility index (Phi) is 3.38. The second-order valence-electron chi connectivity index (χ2n) is 4.32. The number of hydrogen-bond donors (Lipinski definition) is 2. The number of hydrogen-bond acceptors (Lipinski definition) is 1. The zero-order valence-electron chi connectivity index (χ0n) is 10.3. The van der Waals surface area contributed by atoms with Crippen molar-refractivity contribution in [2.75, 3.05) is 5.32 Å². The summed E-state index contributed by atoms with van der Waals surface area (Å²) in [7, 11) is 0. The number of aromatic nitrogens is 1. The molecule has 2 aromatic carbocycles. The summed E-state index contributed by atoms with van der Waals surface area (Å²) >= 11 is 11.9. The first kappa shape index (κ1) is 13.0. The van der Waals surface area contributed by atoms with E-state index in [1.54, 1.807) is 30.5 Å². The average molecular weight is 305 g/mol. The Labute approximate surface area is 125 Å². The van der Waals surface area contributed by atoms with Gasteiger partial charge in [-0.2, -0.15) is 0 Å².